The number of amides is 1. The molecule has 1 aromatic rings. The van der Waals surface area contributed by atoms with E-state index < -0.39 is 0 Å². The Labute approximate surface area is 115 Å². The van der Waals surface area contributed by atoms with Crippen molar-refractivity contribution < 1.29 is 9.90 Å². The van der Waals surface area contributed by atoms with Crippen molar-refractivity contribution in [3.63, 3.8) is 0 Å². The van der Waals surface area contributed by atoms with Crippen molar-refractivity contribution in [1.82, 2.24) is 10.3 Å². The minimum Gasteiger partial charge on any atom is -0.393 e. The molecule has 5 heteroatoms. The number of carbonyl (C=O) groups excluding carboxylic acids is 1. The van der Waals surface area contributed by atoms with Crippen molar-refractivity contribution in [2.45, 2.75) is 31.8 Å². The Bertz CT molecular complexity index is 425. The fourth-order valence-electron chi connectivity index (χ4n) is 2.33. The number of aliphatic hydroxyl groups is 1. The predicted molar refractivity (Wildman–Crippen MR) is 72.2 cm³/mol. The number of aromatic nitrogens is 1. The van der Waals surface area contributed by atoms with Crippen LogP contribution in [0.5, 0.6) is 0 Å². The molecule has 0 bridgehead atoms. The zero-order valence-electron chi connectivity index (χ0n) is 10.1. The maximum Gasteiger partial charge on any atom is 0.251 e. The largest absolute Gasteiger partial charge is 0.393 e. The van der Waals surface area contributed by atoms with Gasteiger partial charge in [0.2, 0.25) is 0 Å². The van der Waals surface area contributed by atoms with Crippen molar-refractivity contribution in [2.75, 3.05) is 6.54 Å². The number of hydrogen-bond acceptors (Lipinski definition) is 3. The average molecular weight is 313 g/mol. The summed E-state index contributed by atoms with van der Waals surface area (Å²) in [5.41, 5.74) is 0.605. The fourth-order valence-corrected chi connectivity index (χ4v) is 2.70. The van der Waals surface area contributed by atoms with Gasteiger partial charge in [0.1, 0.15) is 4.60 Å². The highest BCUT2D eigenvalue weighted by Crippen LogP contribution is 2.23. The molecule has 4 nitrogen and oxygen atoms in total. The first-order valence-corrected chi connectivity index (χ1v) is 7.02. The van der Waals surface area contributed by atoms with Crippen LogP contribution in [-0.4, -0.2) is 28.6 Å². The zero-order chi connectivity index (χ0) is 13.0. The van der Waals surface area contributed by atoms with E-state index in [1.54, 1.807) is 18.3 Å². The first-order valence-electron chi connectivity index (χ1n) is 6.23. The van der Waals surface area contributed by atoms with Crippen molar-refractivity contribution in [1.29, 1.82) is 0 Å². The summed E-state index contributed by atoms with van der Waals surface area (Å²) in [4.78, 5) is 15.9. The first kappa shape index (κ1) is 13.5. The molecule has 0 aliphatic heterocycles. The van der Waals surface area contributed by atoms with E-state index in [1.807, 2.05) is 0 Å². The van der Waals surface area contributed by atoms with E-state index in [0.29, 0.717) is 22.6 Å². The van der Waals surface area contributed by atoms with Gasteiger partial charge in [-0.3, -0.25) is 4.79 Å². The van der Waals surface area contributed by atoms with Gasteiger partial charge in [0.15, 0.2) is 0 Å². The summed E-state index contributed by atoms with van der Waals surface area (Å²) in [5, 5.41) is 12.5. The van der Waals surface area contributed by atoms with E-state index in [2.05, 4.69) is 26.2 Å². The summed E-state index contributed by atoms with van der Waals surface area (Å²) < 4.78 is 0.656. The average Bonchev–Trinajstić information content (AvgIpc) is 2.36. The molecule has 2 rings (SSSR count). The van der Waals surface area contributed by atoms with Crippen LogP contribution in [0.1, 0.15) is 36.0 Å². The lowest BCUT2D eigenvalue weighted by atomic mass is 9.87. The molecule has 0 aromatic carbocycles. The Kier molecular flexibility index (Phi) is 4.72. The van der Waals surface area contributed by atoms with Crippen LogP contribution in [0.2, 0.25) is 0 Å². The molecule has 1 amide bonds. The summed E-state index contributed by atoms with van der Waals surface area (Å²) in [6.07, 6.45) is 5.21. The van der Waals surface area contributed by atoms with E-state index in [1.165, 1.54) is 0 Å². The quantitative estimate of drug-likeness (QED) is 0.840. The molecule has 1 saturated carbocycles. The van der Waals surface area contributed by atoms with Gasteiger partial charge in [-0.2, -0.15) is 0 Å². The second-order valence-electron chi connectivity index (χ2n) is 4.76. The predicted octanol–water partition coefficient (Wildman–Crippen LogP) is 2.12. The van der Waals surface area contributed by atoms with Crippen LogP contribution in [0.4, 0.5) is 0 Å². The van der Waals surface area contributed by atoms with Gasteiger partial charge >= 0.3 is 0 Å². The lowest BCUT2D eigenvalue weighted by Gasteiger charge is -2.25. The topological polar surface area (TPSA) is 62.2 Å². The molecule has 0 radical (unpaired) electrons. The number of carbonyl (C=O) groups is 1. The minimum absolute atomic E-state index is 0.0850. The van der Waals surface area contributed by atoms with E-state index in [9.17, 15) is 9.90 Å². The second kappa shape index (κ2) is 6.29. The third-order valence-corrected chi connectivity index (χ3v) is 3.73. The van der Waals surface area contributed by atoms with Crippen molar-refractivity contribution >= 4 is 21.8 Å². The van der Waals surface area contributed by atoms with Gasteiger partial charge in [-0.1, -0.05) is 6.42 Å². The number of hydrogen-bond donors (Lipinski definition) is 2. The number of rotatable bonds is 3. The molecule has 2 unspecified atom stereocenters. The molecule has 1 aliphatic carbocycles. The molecule has 1 fully saturated rings. The van der Waals surface area contributed by atoms with Crippen LogP contribution >= 0.6 is 15.9 Å². The lowest BCUT2D eigenvalue weighted by molar-refractivity contribution is 0.0873. The van der Waals surface area contributed by atoms with Crippen molar-refractivity contribution in [3.05, 3.63) is 28.5 Å². The number of nitrogens with one attached hydrogen (secondary N) is 1. The van der Waals surface area contributed by atoms with Crippen LogP contribution in [0, 0.1) is 5.92 Å². The van der Waals surface area contributed by atoms with Crippen molar-refractivity contribution in [3.8, 4) is 0 Å². The van der Waals surface area contributed by atoms with Crippen LogP contribution in [0.25, 0.3) is 0 Å². The normalized spacial score (nSPS) is 23.7. The van der Waals surface area contributed by atoms with Gasteiger partial charge in [-0.15, -0.1) is 0 Å². The van der Waals surface area contributed by atoms with E-state index in [4.69, 9.17) is 0 Å². The molecular formula is C13H17BrN2O2. The van der Waals surface area contributed by atoms with Gasteiger partial charge in [0.25, 0.3) is 5.91 Å². The highest BCUT2D eigenvalue weighted by Gasteiger charge is 2.20. The van der Waals surface area contributed by atoms with E-state index in [-0.39, 0.29) is 12.0 Å². The van der Waals surface area contributed by atoms with E-state index in [0.717, 1.165) is 25.7 Å². The summed E-state index contributed by atoms with van der Waals surface area (Å²) in [6, 6.07) is 3.39. The summed E-state index contributed by atoms with van der Waals surface area (Å²) in [5.74, 6) is 0.307. The molecule has 2 N–H and O–H groups in total. The zero-order valence-corrected chi connectivity index (χ0v) is 11.7. The molecule has 1 heterocycles. The number of pyridine rings is 1. The van der Waals surface area contributed by atoms with Crippen LogP contribution in [0.15, 0.2) is 22.9 Å². The van der Waals surface area contributed by atoms with E-state index >= 15 is 0 Å². The third kappa shape index (κ3) is 3.78. The molecule has 18 heavy (non-hydrogen) atoms. The monoisotopic (exact) mass is 312 g/mol. The smallest absolute Gasteiger partial charge is 0.251 e. The number of nitrogens with zero attached hydrogens (tertiary/aromatic N) is 1. The molecule has 2 atom stereocenters. The molecule has 0 saturated heterocycles. The van der Waals surface area contributed by atoms with Gasteiger partial charge in [0.05, 0.1) is 6.10 Å². The van der Waals surface area contributed by atoms with Gasteiger partial charge in [0, 0.05) is 18.3 Å². The molecule has 0 spiro atoms. The minimum atomic E-state index is -0.198. The standard InChI is InChI=1S/C13H17BrN2O2/c14-12-7-10(4-5-15-12)13(18)16-8-9-2-1-3-11(17)6-9/h4-5,7,9,11,17H,1-3,6,8H2,(H,16,18). The van der Waals surface area contributed by atoms with Crippen LogP contribution in [0.3, 0.4) is 0 Å². The van der Waals surface area contributed by atoms with Gasteiger partial charge in [-0.25, -0.2) is 4.98 Å². The van der Waals surface area contributed by atoms with Crippen LogP contribution < -0.4 is 5.32 Å². The second-order valence-corrected chi connectivity index (χ2v) is 5.58. The first-order chi connectivity index (χ1) is 8.65. The molecular weight excluding hydrogens is 296 g/mol. The highest BCUT2D eigenvalue weighted by molar-refractivity contribution is 9.10. The maximum atomic E-state index is 11.9. The summed E-state index contributed by atoms with van der Waals surface area (Å²) in [6.45, 7) is 0.635. The summed E-state index contributed by atoms with van der Waals surface area (Å²) in [7, 11) is 0. The van der Waals surface area contributed by atoms with Crippen LogP contribution in [-0.2, 0) is 0 Å². The maximum absolute atomic E-state index is 11.9. The fraction of sp³-hybridized carbons (Fsp3) is 0.538. The number of aliphatic hydroxyl groups excluding tert-OH is 1. The number of halogens is 1. The highest BCUT2D eigenvalue weighted by atomic mass is 79.9. The van der Waals surface area contributed by atoms with Gasteiger partial charge in [-0.05, 0) is 53.2 Å². The van der Waals surface area contributed by atoms with Gasteiger partial charge < -0.3 is 10.4 Å². The lowest BCUT2D eigenvalue weighted by Crippen LogP contribution is -2.32. The summed E-state index contributed by atoms with van der Waals surface area (Å²) >= 11 is 3.24. The molecule has 1 aromatic heterocycles. The Morgan fingerprint density at radius 1 is 1.56 bits per heavy atom. The molecule has 98 valence electrons. The molecule has 1 aliphatic rings. The SMILES string of the molecule is O=C(NCC1CCCC(O)C1)c1ccnc(Br)c1. The van der Waals surface area contributed by atoms with Crippen molar-refractivity contribution in [2.24, 2.45) is 5.92 Å². The Morgan fingerprint density at radius 2 is 2.39 bits per heavy atom. The third-order valence-electron chi connectivity index (χ3n) is 3.30. The Morgan fingerprint density at radius 3 is 3.11 bits per heavy atom. The Balaban J connectivity index is 1.84. The Hall–Kier alpha value is -0.940.